The molecule has 17 heavy (non-hydrogen) atoms. The fraction of sp³-hybridized carbons (Fsp3) is 1.00. The van der Waals surface area contributed by atoms with Crippen LogP contribution in [0.15, 0.2) is 0 Å². The highest BCUT2D eigenvalue weighted by Gasteiger charge is 2.28. The number of hydrogen-bond donors (Lipinski definition) is 1. The summed E-state index contributed by atoms with van der Waals surface area (Å²) in [5.74, 6) is 0. The minimum atomic E-state index is 0.570. The highest BCUT2D eigenvalue weighted by Crippen LogP contribution is 2.30. The third kappa shape index (κ3) is 3.96. The first-order valence-corrected chi connectivity index (χ1v) is 7.57. The zero-order valence-electron chi connectivity index (χ0n) is 12.0. The standard InChI is InChI=1S/C15H30N2/c1-13(16-14-7-5-4-6-8-14)17-11-9-15(2,3)10-12-17/h13-14,16H,4-12H2,1-3H3/t13-/m0/s1. The molecule has 0 radical (unpaired) electrons. The highest BCUT2D eigenvalue weighted by atomic mass is 15.3. The SMILES string of the molecule is C[C@@H](NC1CCCCC1)N1CCC(C)(C)CC1. The molecular formula is C15H30N2. The molecule has 2 aliphatic rings. The van der Waals surface area contributed by atoms with E-state index in [2.05, 4.69) is 31.0 Å². The van der Waals surface area contributed by atoms with Crippen LogP contribution in [0.2, 0.25) is 0 Å². The molecule has 2 rings (SSSR count). The van der Waals surface area contributed by atoms with Gasteiger partial charge < -0.3 is 0 Å². The van der Waals surface area contributed by atoms with Crippen molar-refractivity contribution >= 4 is 0 Å². The Morgan fingerprint density at radius 3 is 2.24 bits per heavy atom. The number of rotatable bonds is 3. The summed E-state index contributed by atoms with van der Waals surface area (Å²) in [6.07, 6.45) is 10.4. The summed E-state index contributed by atoms with van der Waals surface area (Å²) in [6.45, 7) is 9.71. The maximum Gasteiger partial charge on any atom is 0.0570 e. The van der Waals surface area contributed by atoms with Gasteiger partial charge in [0.05, 0.1) is 6.17 Å². The quantitative estimate of drug-likeness (QED) is 0.811. The van der Waals surface area contributed by atoms with Crippen LogP contribution >= 0.6 is 0 Å². The normalized spacial score (nSPS) is 29.1. The second-order valence-corrected chi connectivity index (χ2v) is 6.88. The second kappa shape index (κ2) is 5.71. The van der Waals surface area contributed by atoms with Gasteiger partial charge in [0.25, 0.3) is 0 Å². The lowest BCUT2D eigenvalue weighted by Crippen LogP contribution is -2.51. The molecule has 1 saturated carbocycles. The molecular weight excluding hydrogens is 208 g/mol. The van der Waals surface area contributed by atoms with Crippen LogP contribution in [0.3, 0.4) is 0 Å². The lowest BCUT2D eigenvalue weighted by atomic mass is 9.82. The molecule has 100 valence electrons. The fourth-order valence-corrected chi connectivity index (χ4v) is 3.23. The van der Waals surface area contributed by atoms with E-state index in [1.165, 1.54) is 58.0 Å². The molecule has 0 unspecified atom stereocenters. The molecule has 1 heterocycles. The molecule has 2 fully saturated rings. The van der Waals surface area contributed by atoms with Gasteiger partial charge in [0, 0.05) is 19.1 Å². The lowest BCUT2D eigenvalue weighted by Gasteiger charge is -2.41. The number of nitrogens with one attached hydrogen (secondary N) is 1. The molecule has 0 spiro atoms. The zero-order chi connectivity index (χ0) is 12.3. The molecule has 1 saturated heterocycles. The average Bonchev–Trinajstić information content (AvgIpc) is 2.30. The summed E-state index contributed by atoms with van der Waals surface area (Å²) in [7, 11) is 0. The van der Waals surface area contributed by atoms with Crippen molar-refractivity contribution in [2.45, 2.75) is 77.9 Å². The predicted molar refractivity (Wildman–Crippen MR) is 74.1 cm³/mol. The van der Waals surface area contributed by atoms with Gasteiger partial charge in [0.15, 0.2) is 0 Å². The van der Waals surface area contributed by atoms with Crippen LogP contribution < -0.4 is 5.32 Å². The monoisotopic (exact) mass is 238 g/mol. The maximum atomic E-state index is 3.84. The summed E-state index contributed by atoms with van der Waals surface area (Å²) in [5, 5.41) is 3.84. The molecule has 0 aromatic carbocycles. The van der Waals surface area contributed by atoms with Crippen LogP contribution in [0.4, 0.5) is 0 Å². The Labute approximate surface area is 107 Å². The number of nitrogens with zero attached hydrogens (tertiary/aromatic N) is 1. The molecule has 1 atom stereocenters. The van der Waals surface area contributed by atoms with Crippen molar-refractivity contribution in [3.8, 4) is 0 Å². The first-order valence-electron chi connectivity index (χ1n) is 7.57. The van der Waals surface area contributed by atoms with Crippen molar-refractivity contribution in [1.29, 1.82) is 0 Å². The van der Waals surface area contributed by atoms with Crippen molar-refractivity contribution in [2.75, 3.05) is 13.1 Å². The Bertz CT molecular complexity index is 221. The van der Waals surface area contributed by atoms with Gasteiger partial charge in [-0.1, -0.05) is 33.1 Å². The van der Waals surface area contributed by atoms with E-state index >= 15 is 0 Å². The average molecular weight is 238 g/mol. The van der Waals surface area contributed by atoms with Crippen LogP contribution in [0.1, 0.15) is 65.7 Å². The maximum absolute atomic E-state index is 3.84. The molecule has 1 N–H and O–H groups in total. The van der Waals surface area contributed by atoms with Crippen LogP contribution in [0.5, 0.6) is 0 Å². The molecule has 2 nitrogen and oxygen atoms in total. The van der Waals surface area contributed by atoms with Gasteiger partial charge in [-0.3, -0.25) is 10.2 Å². The molecule has 2 heteroatoms. The molecule has 0 bridgehead atoms. The van der Waals surface area contributed by atoms with Crippen LogP contribution in [-0.2, 0) is 0 Å². The minimum absolute atomic E-state index is 0.570. The Kier molecular flexibility index (Phi) is 4.48. The largest absolute Gasteiger partial charge is 0.299 e. The Morgan fingerprint density at radius 1 is 1.06 bits per heavy atom. The Balaban J connectivity index is 1.74. The molecule has 1 aliphatic heterocycles. The Morgan fingerprint density at radius 2 is 1.65 bits per heavy atom. The van der Waals surface area contributed by atoms with E-state index in [9.17, 15) is 0 Å². The molecule has 1 aliphatic carbocycles. The molecule has 0 aromatic rings. The summed E-state index contributed by atoms with van der Waals surface area (Å²) in [5.41, 5.74) is 0.570. The van der Waals surface area contributed by atoms with Gasteiger partial charge in [0.1, 0.15) is 0 Å². The first-order chi connectivity index (χ1) is 8.07. The van der Waals surface area contributed by atoms with Gasteiger partial charge in [-0.25, -0.2) is 0 Å². The van der Waals surface area contributed by atoms with E-state index in [1.54, 1.807) is 0 Å². The van der Waals surface area contributed by atoms with Crippen molar-refractivity contribution in [3.63, 3.8) is 0 Å². The smallest absolute Gasteiger partial charge is 0.0570 e. The van der Waals surface area contributed by atoms with E-state index in [0.717, 1.165) is 6.04 Å². The summed E-state index contributed by atoms with van der Waals surface area (Å²) < 4.78 is 0. The summed E-state index contributed by atoms with van der Waals surface area (Å²) in [6, 6.07) is 0.786. The van der Waals surface area contributed by atoms with Gasteiger partial charge in [0.2, 0.25) is 0 Å². The minimum Gasteiger partial charge on any atom is -0.299 e. The van der Waals surface area contributed by atoms with Crippen molar-refractivity contribution in [3.05, 3.63) is 0 Å². The van der Waals surface area contributed by atoms with Crippen LogP contribution in [-0.4, -0.2) is 30.2 Å². The van der Waals surface area contributed by atoms with E-state index in [0.29, 0.717) is 11.6 Å². The summed E-state index contributed by atoms with van der Waals surface area (Å²) >= 11 is 0. The van der Waals surface area contributed by atoms with Crippen molar-refractivity contribution in [2.24, 2.45) is 5.41 Å². The summed E-state index contributed by atoms with van der Waals surface area (Å²) in [4.78, 5) is 2.64. The second-order valence-electron chi connectivity index (χ2n) is 6.88. The Hall–Kier alpha value is -0.0800. The lowest BCUT2D eigenvalue weighted by molar-refractivity contribution is 0.0773. The number of hydrogen-bond acceptors (Lipinski definition) is 2. The first kappa shape index (κ1) is 13.4. The van der Waals surface area contributed by atoms with Crippen LogP contribution in [0, 0.1) is 5.41 Å². The fourth-order valence-electron chi connectivity index (χ4n) is 3.23. The molecule has 0 amide bonds. The van der Waals surface area contributed by atoms with E-state index in [1.807, 2.05) is 0 Å². The highest BCUT2D eigenvalue weighted by molar-refractivity contribution is 4.82. The third-order valence-electron chi connectivity index (χ3n) is 4.78. The number of piperidine rings is 1. The van der Waals surface area contributed by atoms with E-state index < -0.39 is 0 Å². The zero-order valence-corrected chi connectivity index (χ0v) is 12.0. The van der Waals surface area contributed by atoms with Gasteiger partial charge in [-0.05, 0) is 38.0 Å². The van der Waals surface area contributed by atoms with Gasteiger partial charge in [-0.15, -0.1) is 0 Å². The van der Waals surface area contributed by atoms with Gasteiger partial charge in [-0.2, -0.15) is 0 Å². The van der Waals surface area contributed by atoms with Crippen molar-refractivity contribution < 1.29 is 0 Å². The topological polar surface area (TPSA) is 15.3 Å². The van der Waals surface area contributed by atoms with E-state index in [-0.39, 0.29) is 0 Å². The molecule has 0 aromatic heterocycles. The predicted octanol–water partition coefficient (Wildman–Crippen LogP) is 3.38. The third-order valence-corrected chi connectivity index (χ3v) is 4.78. The van der Waals surface area contributed by atoms with Gasteiger partial charge >= 0.3 is 0 Å². The van der Waals surface area contributed by atoms with Crippen molar-refractivity contribution in [1.82, 2.24) is 10.2 Å². The number of likely N-dealkylation sites (tertiary alicyclic amines) is 1. The van der Waals surface area contributed by atoms with Crippen LogP contribution in [0.25, 0.3) is 0 Å². The van der Waals surface area contributed by atoms with E-state index in [4.69, 9.17) is 0 Å².